The molecule has 4 nitrogen and oxygen atoms in total. The van der Waals surface area contributed by atoms with Crippen molar-refractivity contribution in [2.75, 3.05) is 13.2 Å². The molecule has 1 amide bonds. The van der Waals surface area contributed by atoms with Gasteiger partial charge in [-0.3, -0.25) is 9.78 Å². The largest absolute Gasteiger partial charge is 0.379 e. The lowest BCUT2D eigenvalue weighted by Gasteiger charge is -2.55. The number of nitrogens with one attached hydrogen (secondary N) is 1. The molecule has 5 aliphatic rings. The molecule has 6 rings (SSSR count). The van der Waals surface area contributed by atoms with Gasteiger partial charge in [0.2, 0.25) is 5.91 Å². The molecular weight excluding hydrogens is 312 g/mol. The van der Waals surface area contributed by atoms with E-state index in [4.69, 9.17) is 4.74 Å². The summed E-state index contributed by atoms with van der Waals surface area (Å²) in [6, 6.07) is 4.29. The minimum Gasteiger partial charge on any atom is -0.379 e. The molecule has 1 saturated heterocycles. The van der Waals surface area contributed by atoms with Crippen LogP contribution in [-0.4, -0.2) is 30.1 Å². The van der Waals surface area contributed by atoms with Crippen LogP contribution in [0.25, 0.3) is 0 Å². The van der Waals surface area contributed by atoms with E-state index in [9.17, 15) is 4.79 Å². The van der Waals surface area contributed by atoms with Gasteiger partial charge in [0.05, 0.1) is 19.3 Å². The van der Waals surface area contributed by atoms with Crippen LogP contribution in [0.5, 0.6) is 0 Å². The van der Waals surface area contributed by atoms with Crippen LogP contribution in [0.1, 0.15) is 44.1 Å². The van der Waals surface area contributed by atoms with Gasteiger partial charge >= 0.3 is 0 Å². The molecule has 1 aliphatic heterocycles. The highest BCUT2D eigenvalue weighted by Crippen LogP contribution is 2.60. The average Bonchev–Trinajstić information content (AvgIpc) is 3.01. The van der Waals surface area contributed by atoms with E-state index in [2.05, 4.69) is 22.4 Å². The van der Waals surface area contributed by atoms with E-state index in [1.165, 1.54) is 24.8 Å². The van der Waals surface area contributed by atoms with Crippen LogP contribution in [0.15, 0.2) is 24.5 Å². The molecule has 2 atom stereocenters. The summed E-state index contributed by atoms with van der Waals surface area (Å²) < 4.78 is 5.73. The summed E-state index contributed by atoms with van der Waals surface area (Å²) in [6.07, 6.45) is 12.2. The zero-order chi connectivity index (χ0) is 16.9. The Morgan fingerprint density at radius 1 is 1.08 bits per heavy atom. The molecule has 5 fully saturated rings. The van der Waals surface area contributed by atoms with Gasteiger partial charge < -0.3 is 10.1 Å². The lowest BCUT2D eigenvalue weighted by molar-refractivity contribution is -0.147. The van der Waals surface area contributed by atoms with Gasteiger partial charge in [-0.1, -0.05) is 0 Å². The molecule has 1 aromatic rings. The Morgan fingerprint density at radius 2 is 1.72 bits per heavy atom. The molecule has 0 unspecified atom stereocenters. The van der Waals surface area contributed by atoms with Gasteiger partial charge in [-0.05, 0) is 80.4 Å². The first-order valence-electron chi connectivity index (χ1n) is 9.98. The average molecular weight is 340 g/mol. The molecule has 4 aliphatic carbocycles. The zero-order valence-corrected chi connectivity index (χ0v) is 14.8. The molecule has 0 radical (unpaired) electrons. The highest BCUT2D eigenvalue weighted by atomic mass is 16.5. The Balaban J connectivity index is 1.27. The number of amides is 1. The second-order valence-corrected chi connectivity index (χ2v) is 9.13. The van der Waals surface area contributed by atoms with Crippen LogP contribution in [0.3, 0.4) is 0 Å². The summed E-state index contributed by atoms with van der Waals surface area (Å²) in [6.45, 7) is 1.40. The number of nitrogens with zero attached hydrogens (tertiary/aromatic N) is 1. The summed E-state index contributed by atoms with van der Waals surface area (Å²) in [4.78, 5) is 17.4. The third kappa shape index (κ3) is 2.88. The Morgan fingerprint density at radius 3 is 2.36 bits per heavy atom. The van der Waals surface area contributed by atoms with E-state index in [0.29, 0.717) is 18.4 Å². The van der Waals surface area contributed by atoms with Gasteiger partial charge in [0.15, 0.2) is 0 Å². The molecule has 0 spiro atoms. The molecule has 1 aromatic heterocycles. The lowest BCUT2D eigenvalue weighted by atomic mass is 9.49. The van der Waals surface area contributed by atoms with Gasteiger partial charge in [-0.2, -0.15) is 0 Å². The van der Waals surface area contributed by atoms with Crippen molar-refractivity contribution in [1.82, 2.24) is 10.3 Å². The SMILES string of the molecule is O=C(N[C@H]1COC[C@H]1Cc1ccncc1)C12CC3CC(CC(C3)C1)C2. The monoisotopic (exact) mass is 340 g/mol. The lowest BCUT2D eigenvalue weighted by Crippen LogP contribution is -2.56. The topological polar surface area (TPSA) is 51.2 Å². The van der Waals surface area contributed by atoms with E-state index in [0.717, 1.165) is 50.0 Å². The summed E-state index contributed by atoms with van der Waals surface area (Å²) in [5, 5.41) is 3.43. The second-order valence-electron chi connectivity index (χ2n) is 9.13. The second kappa shape index (κ2) is 6.08. The van der Waals surface area contributed by atoms with Crippen LogP contribution >= 0.6 is 0 Å². The number of ether oxygens (including phenoxy) is 1. The Bertz CT molecular complexity index is 609. The van der Waals surface area contributed by atoms with Crippen LogP contribution in [-0.2, 0) is 16.0 Å². The highest BCUT2D eigenvalue weighted by molar-refractivity contribution is 5.83. The third-order valence-electron chi connectivity index (χ3n) is 7.28. The first-order chi connectivity index (χ1) is 12.2. The normalized spacial score (nSPS) is 41.8. The Labute approximate surface area is 149 Å². The molecule has 1 N–H and O–H groups in total. The number of hydrogen-bond donors (Lipinski definition) is 1. The van der Waals surface area contributed by atoms with Crippen molar-refractivity contribution < 1.29 is 9.53 Å². The van der Waals surface area contributed by atoms with E-state index >= 15 is 0 Å². The molecule has 25 heavy (non-hydrogen) atoms. The van der Waals surface area contributed by atoms with E-state index in [1.54, 1.807) is 0 Å². The number of rotatable bonds is 4. The first kappa shape index (κ1) is 15.8. The van der Waals surface area contributed by atoms with Crippen molar-refractivity contribution in [3.05, 3.63) is 30.1 Å². The van der Waals surface area contributed by atoms with Crippen molar-refractivity contribution in [3.8, 4) is 0 Å². The van der Waals surface area contributed by atoms with E-state index in [-0.39, 0.29) is 11.5 Å². The smallest absolute Gasteiger partial charge is 0.226 e. The molecule has 4 saturated carbocycles. The van der Waals surface area contributed by atoms with Gasteiger partial charge in [0.1, 0.15) is 0 Å². The summed E-state index contributed by atoms with van der Waals surface area (Å²) in [7, 11) is 0. The molecule has 4 heteroatoms. The molecule has 134 valence electrons. The highest BCUT2D eigenvalue weighted by Gasteiger charge is 2.55. The van der Waals surface area contributed by atoms with Crippen molar-refractivity contribution in [3.63, 3.8) is 0 Å². The minimum atomic E-state index is -0.0570. The summed E-state index contributed by atoms with van der Waals surface area (Å²) >= 11 is 0. The number of aromatic nitrogens is 1. The number of hydrogen-bond acceptors (Lipinski definition) is 3. The van der Waals surface area contributed by atoms with Crippen molar-refractivity contribution in [2.45, 2.75) is 51.0 Å². The molecule has 0 aromatic carbocycles. The molecular formula is C21H28N2O2. The van der Waals surface area contributed by atoms with Gasteiger partial charge in [0, 0.05) is 23.7 Å². The fourth-order valence-corrected chi connectivity index (χ4v) is 6.49. The van der Waals surface area contributed by atoms with E-state index in [1.807, 2.05) is 12.4 Å². The van der Waals surface area contributed by atoms with Crippen LogP contribution in [0.4, 0.5) is 0 Å². The number of carbonyl (C=O) groups is 1. The number of pyridine rings is 1. The van der Waals surface area contributed by atoms with Crippen molar-refractivity contribution >= 4 is 5.91 Å². The first-order valence-corrected chi connectivity index (χ1v) is 9.98. The summed E-state index contributed by atoms with van der Waals surface area (Å²) in [5.74, 6) is 3.14. The van der Waals surface area contributed by atoms with Crippen molar-refractivity contribution in [1.29, 1.82) is 0 Å². The van der Waals surface area contributed by atoms with E-state index < -0.39 is 0 Å². The fourth-order valence-electron chi connectivity index (χ4n) is 6.49. The van der Waals surface area contributed by atoms with Crippen molar-refractivity contribution in [2.24, 2.45) is 29.1 Å². The Kier molecular flexibility index (Phi) is 3.85. The van der Waals surface area contributed by atoms with Crippen LogP contribution in [0.2, 0.25) is 0 Å². The zero-order valence-electron chi connectivity index (χ0n) is 14.8. The molecule has 2 heterocycles. The maximum Gasteiger partial charge on any atom is 0.226 e. The standard InChI is InChI=1S/C21H28N2O2/c24-20(21-9-15-5-16(10-21)7-17(6-15)11-21)23-19-13-25-12-18(19)8-14-1-3-22-4-2-14/h1-4,15-19H,5-13H2,(H,23,24)/t15?,16?,17?,18-,19+,21?/m1/s1. The maximum absolute atomic E-state index is 13.3. The third-order valence-corrected chi connectivity index (χ3v) is 7.28. The fraction of sp³-hybridized carbons (Fsp3) is 0.714. The van der Waals surface area contributed by atoms with Crippen LogP contribution < -0.4 is 5.32 Å². The maximum atomic E-state index is 13.3. The quantitative estimate of drug-likeness (QED) is 0.917. The van der Waals surface area contributed by atoms with Gasteiger partial charge in [-0.15, -0.1) is 0 Å². The van der Waals surface area contributed by atoms with Gasteiger partial charge in [-0.25, -0.2) is 0 Å². The predicted octanol–water partition coefficient (Wildman–Crippen LogP) is 2.97. The summed E-state index contributed by atoms with van der Waals surface area (Å²) in [5.41, 5.74) is 1.22. The van der Waals surface area contributed by atoms with Crippen LogP contribution in [0, 0.1) is 29.1 Å². The Hall–Kier alpha value is -1.42. The minimum absolute atomic E-state index is 0.0570. The molecule has 4 bridgehead atoms. The van der Waals surface area contributed by atoms with Gasteiger partial charge in [0.25, 0.3) is 0 Å². The predicted molar refractivity (Wildman–Crippen MR) is 94.8 cm³/mol. The number of carbonyl (C=O) groups excluding carboxylic acids is 1.